The fraction of sp³-hybridized carbons (Fsp3) is 0.304. The second kappa shape index (κ2) is 17.1. The first-order chi connectivity index (χ1) is 28.7. The lowest BCUT2D eigenvalue weighted by molar-refractivity contribution is -0.132. The third-order valence-electron chi connectivity index (χ3n) is 10.5. The molecule has 2 aliphatic rings. The van der Waals surface area contributed by atoms with Crippen LogP contribution in [0.2, 0.25) is 0 Å². The Kier molecular flexibility index (Phi) is 11.9. The van der Waals surface area contributed by atoms with Crippen molar-refractivity contribution in [1.82, 2.24) is 20.3 Å². The highest BCUT2D eigenvalue weighted by molar-refractivity contribution is 7.90. The van der Waals surface area contributed by atoms with Gasteiger partial charge in [-0.15, -0.1) is 6.58 Å². The maximum absolute atomic E-state index is 14.4. The molecule has 3 amide bonds. The molecule has 312 valence electrons. The van der Waals surface area contributed by atoms with E-state index < -0.39 is 63.1 Å². The largest absolute Gasteiger partial charge is 0.497 e. The number of rotatable bonds is 14. The zero-order chi connectivity index (χ0) is 42.7. The van der Waals surface area contributed by atoms with Crippen molar-refractivity contribution in [3.8, 4) is 28.5 Å². The van der Waals surface area contributed by atoms with Crippen LogP contribution in [0.3, 0.4) is 0 Å². The van der Waals surface area contributed by atoms with Crippen LogP contribution in [-0.4, -0.2) is 61.7 Å². The quantitative estimate of drug-likeness (QED) is 0.0981. The van der Waals surface area contributed by atoms with Gasteiger partial charge in [0.2, 0.25) is 5.91 Å². The van der Waals surface area contributed by atoms with Crippen LogP contribution in [0.1, 0.15) is 45.6 Å². The van der Waals surface area contributed by atoms with Gasteiger partial charge in [0.15, 0.2) is 0 Å². The number of alkyl carbamates (subject to hydrolysis) is 1. The van der Waals surface area contributed by atoms with Gasteiger partial charge in [0, 0.05) is 47.5 Å². The third kappa shape index (κ3) is 9.55. The predicted molar refractivity (Wildman–Crippen MR) is 226 cm³/mol. The Labute approximate surface area is 349 Å². The molecular formula is C46H48N4O9S. The molecule has 0 aliphatic heterocycles. The van der Waals surface area contributed by atoms with Gasteiger partial charge in [0.05, 0.1) is 29.1 Å². The maximum atomic E-state index is 14.4. The lowest BCUT2D eigenvalue weighted by atomic mass is 10.0. The molecule has 2 aliphatic carbocycles. The molecule has 1 aromatic heterocycles. The topological polar surface area (TPSA) is 171 Å². The molecule has 60 heavy (non-hydrogen) atoms. The third-order valence-corrected chi connectivity index (χ3v) is 11.9. The van der Waals surface area contributed by atoms with Gasteiger partial charge in [0.25, 0.3) is 15.9 Å². The van der Waals surface area contributed by atoms with Gasteiger partial charge < -0.3 is 29.6 Å². The lowest BCUT2D eigenvalue weighted by Gasteiger charge is -2.26. The number of aromatic nitrogens is 1. The van der Waals surface area contributed by atoms with Gasteiger partial charge in [0.1, 0.15) is 41.1 Å². The number of methoxy groups -OCH3 is 1. The number of fused-ring (bicyclic) bond motifs is 1. The van der Waals surface area contributed by atoms with E-state index in [1.165, 1.54) is 24.3 Å². The molecule has 1 heterocycles. The lowest BCUT2D eigenvalue weighted by Crippen LogP contribution is -2.55. The summed E-state index contributed by atoms with van der Waals surface area (Å²) in [5.74, 6) is -1.49. The number of carbonyl (C=O) groups is 3. The Morgan fingerprint density at radius 1 is 0.900 bits per heavy atom. The van der Waals surface area contributed by atoms with Gasteiger partial charge in [-0.1, -0.05) is 72.8 Å². The van der Waals surface area contributed by atoms with Gasteiger partial charge in [-0.2, -0.15) is 0 Å². The second-order valence-corrected chi connectivity index (χ2v) is 17.7. The average molecular weight is 833 g/mol. The molecular weight excluding hydrogens is 785 g/mol. The van der Waals surface area contributed by atoms with Crippen molar-refractivity contribution in [1.29, 1.82) is 0 Å². The van der Waals surface area contributed by atoms with Crippen molar-refractivity contribution >= 4 is 38.8 Å². The number of hydrogen-bond acceptors (Lipinski definition) is 10. The van der Waals surface area contributed by atoms with E-state index >= 15 is 0 Å². The maximum Gasteiger partial charge on any atom is 0.407 e. The number of nitrogens with zero attached hydrogens (tertiary/aromatic N) is 1. The molecule has 13 nitrogen and oxygen atoms in total. The molecule has 4 aromatic carbocycles. The van der Waals surface area contributed by atoms with Crippen LogP contribution in [0.25, 0.3) is 22.2 Å². The average Bonchev–Trinajstić information content (AvgIpc) is 3.81. The minimum atomic E-state index is -4.40. The first-order valence-electron chi connectivity index (χ1n) is 19.7. The molecule has 2 unspecified atom stereocenters. The number of hydrogen-bond donors (Lipinski definition) is 3. The van der Waals surface area contributed by atoms with Crippen molar-refractivity contribution in [2.75, 3.05) is 7.11 Å². The van der Waals surface area contributed by atoms with Crippen LogP contribution in [-0.2, 0) is 31.0 Å². The van der Waals surface area contributed by atoms with Crippen molar-refractivity contribution in [2.24, 2.45) is 11.8 Å². The fourth-order valence-electron chi connectivity index (χ4n) is 7.42. The minimum Gasteiger partial charge on any atom is -0.497 e. The fourth-order valence-corrected chi connectivity index (χ4v) is 8.50. The number of sulfonamides is 1. The highest BCUT2D eigenvalue weighted by Gasteiger charge is 2.61. The van der Waals surface area contributed by atoms with E-state index in [-0.39, 0.29) is 30.8 Å². The Morgan fingerprint density at radius 3 is 2.32 bits per heavy atom. The standard InChI is InChI=1S/C46H48N4O9S/c1-6-31-27-46(31,43(52)50-60(54,55)35-19-13-18-33(22-35)57-28-29-14-9-7-10-15-29)49-42(51)37-23-34(25-40(37)48-44(53)59-45(2,3)4)58-41-26-38(30-16-11-8-12-17-30)47-39-24-32(56-5)20-21-36(39)41/h6-22,24,26,31,34,37,40H,1,23,25,27-28H2,2-5H3,(H,48,53)(H,49,51)(H,50,52)/t31?,34-,37+,40-,46?/m0/s1. The summed E-state index contributed by atoms with van der Waals surface area (Å²) in [5, 5.41) is 6.44. The molecule has 3 N–H and O–H groups in total. The van der Waals surface area contributed by atoms with Crippen LogP contribution in [0.15, 0.2) is 127 Å². The Morgan fingerprint density at radius 2 is 1.63 bits per heavy atom. The van der Waals surface area contributed by atoms with Crippen molar-refractivity contribution in [3.05, 3.63) is 127 Å². The molecule has 0 saturated heterocycles. The van der Waals surface area contributed by atoms with Crippen LogP contribution in [0.5, 0.6) is 17.2 Å². The number of ether oxygens (including phenoxy) is 4. The predicted octanol–water partition coefficient (Wildman–Crippen LogP) is 7.11. The molecule has 5 aromatic rings. The summed E-state index contributed by atoms with van der Waals surface area (Å²) in [5.41, 5.74) is 0.659. The van der Waals surface area contributed by atoms with E-state index in [0.717, 1.165) is 16.5 Å². The molecule has 0 radical (unpaired) electrons. The van der Waals surface area contributed by atoms with Gasteiger partial charge in [-0.25, -0.2) is 22.9 Å². The number of carbonyl (C=O) groups excluding carboxylic acids is 3. The summed E-state index contributed by atoms with van der Waals surface area (Å²) in [6.07, 6.45) is 0.706. The van der Waals surface area contributed by atoms with Crippen molar-refractivity contribution in [3.63, 3.8) is 0 Å². The Balaban J connectivity index is 1.11. The number of benzene rings is 4. The number of pyridine rings is 1. The Hall–Kier alpha value is -6.41. The highest BCUT2D eigenvalue weighted by Crippen LogP contribution is 2.46. The molecule has 14 heteroatoms. The van der Waals surface area contributed by atoms with Crippen molar-refractivity contribution in [2.45, 2.75) is 74.8 Å². The number of amides is 3. The van der Waals surface area contributed by atoms with E-state index in [9.17, 15) is 22.8 Å². The first kappa shape index (κ1) is 41.7. The van der Waals surface area contributed by atoms with Crippen molar-refractivity contribution < 1.29 is 41.7 Å². The molecule has 2 saturated carbocycles. The van der Waals surface area contributed by atoms with Crippen LogP contribution < -0.4 is 29.6 Å². The molecule has 2 fully saturated rings. The summed E-state index contributed by atoms with van der Waals surface area (Å²) in [4.78, 5) is 46.2. The second-order valence-electron chi connectivity index (χ2n) is 16.0. The highest BCUT2D eigenvalue weighted by atomic mass is 32.2. The summed E-state index contributed by atoms with van der Waals surface area (Å²) >= 11 is 0. The molecule has 5 atom stereocenters. The van der Waals surface area contributed by atoms with E-state index in [1.807, 2.05) is 84.9 Å². The summed E-state index contributed by atoms with van der Waals surface area (Å²) in [7, 11) is -2.82. The van der Waals surface area contributed by atoms with Gasteiger partial charge >= 0.3 is 6.09 Å². The van der Waals surface area contributed by atoms with E-state index in [4.69, 9.17) is 23.9 Å². The smallest absolute Gasteiger partial charge is 0.407 e. The monoisotopic (exact) mass is 832 g/mol. The minimum absolute atomic E-state index is 0.120. The zero-order valence-electron chi connectivity index (χ0n) is 33.8. The Bertz CT molecular complexity index is 2510. The SMILES string of the molecule is C=CC1CC1(NC(=O)[C@@H]1C[C@H](Oc2cc(-c3ccccc3)nc3cc(OC)ccc23)C[C@@H]1NC(=O)OC(C)(C)C)C(=O)NS(=O)(=O)c1cccc(OCc2ccccc2)c1. The first-order valence-corrected chi connectivity index (χ1v) is 21.1. The zero-order valence-corrected chi connectivity index (χ0v) is 34.7. The summed E-state index contributed by atoms with van der Waals surface area (Å²) < 4.78 is 52.9. The normalized spacial score (nSPS) is 21.0. The van der Waals surface area contributed by atoms with E-state index in [0.29, 0.717) is 28.5 Å². The number of nitrogens with one attached hydrogen (secondary N) is 3. The molecule has 0 bridgehead atoms. The molecule has 0 spiro atoms. The summed E-state index contributed by atoms with van der Waals surface area (Å²) in [6, 6.07) is 31.4. The van der Waals surface area contributed by atoms with E-state index in [1.54, 1.807) is 33.9 Å². The van der Waals surface area contributed by atoms with Crippen LogP contribution >= 0.6 is 0 Å². The van der Waals surface area contributed by atoms with Gasteiger partial charge in [-0.05, 0) is 63.4 Å². The van der Waals surface area contributed by atoms with Crippen LogP contribution in [0.4, 0.5) is 4.79 Å². The van der Waals surface area contributed by atoms with Crippen LogP contribution in [0, 0.1) is 11.8 Å². The van der Waals surface area contributed by atoms with E-state index in [2.05, 4.69) is 21.9 Å². The van der Waals surface area contributed by atoms with Gasteiger partial charge in [-0.3, -0.25) is 9.59 Å². The summed E-state index contributed by atoms with van der Waals surface area (Å²) in [6.45, 7) is 9.24. The molecule has 7 rings (SSSR count).